The molecule has 2 heterocycles. The molecule has 4 aliphatic carbocycles. The Hall–Kier alpha value is -4.45. The molecule has 1 aromatic heterocycles. The maximum Gasteiger partial charge on any atom is 0.112 e. The van der Waals surface area contributed by atoms with Crippen LogP contribution in [-0.2, 0) is 25.7 Å². The van der Waals surface area contributed by atoms with Crippen molar-refractivity contribution in [1.29, 1.82) is 0 Å². The minimum atomic E-state index is 0.962. The number of nitrogens with zero attached hydrogens (tertiary/aromatic N) is 2. The number of rotatable bonds is 4. The summed E-state index contributed by atoms with van der Waals surface area (Å²) in [6, 6.07) is 35.5. The van der Waals surface area contributed by atoms with Crippen LogP contribution in [0.1, 0.15) is 44.5 Å². The summed E-state index contributed by atoms with van der Waals surface area (Å²) in [6.07, 6.45) is 13.1. The molecule has 6 aromatic rings. The first-order chi connectivity index (χ1) is 21.2. The van der Waals surface area contributed by atoms with Gasteiger partial charge in [-0.3, -0.25) is 0 Å². The van der Waals surface area contributed by atoms with Crippen molar-refractivity contribution in [2.75, 3.05) is 5.32 Å². The number of nitrogens with one attached hydrogen (secondary N) is 1. The van der Waals surface area contributed by atoms with Gasteiger partial charge in [0.25, 0.3) is 0 Å². The van der Waals surface area contributed by atoms with E-state index >= 15 is 0 Å². The number of aryl methyl sites for hydroxylation is 4. The van der Waals surface area contributed by atoms with Gasteiger partial charge in [-0.15, -0.1) is 0 Å². The molecule has 5 aliphatic rings. The molecule has 43 heavy (non-hydrogen) atoms. The summed E-state index contributed by atoms with van der Waals surface area (Å²) >= 11 is 3.11. The largest absolute Gasteiger partial charge is 0.354 e. The van der Waals surface area contributed by atoms with Crippen molar-refractivity contribution in [2.45, 2.75) is 35.5 Å². The minimum absolute atomic E-state index is 0.962. The Morgan fingerprint density at radius 2 is 1.28 bits per heavy atom. The first kappa shape index (κ1) is 26.2. The van der Waals surface area contributed by atoms with Gasteiger partial charge in [-0.25, -0.2) is 0 Å². The molecule has 0 radical (unpaired) electrons. The molecule has 0 amide bonds. The van der Waals surface area contributed by atoms with Gasteiger partial charge in [0.1, 0.15) is 11.0 Å². The van der Waals surface area contributed by atoms with Crippen molar-refractivity contribution in [1.82, 2.24) is 8.75 Å². The quantitative estimate of drug-likeness (QED) is 0.207. The topological polar surface area (TPSA) is 37.8 Å². The number of aromatic nitrogens is 2. The Bertz CT molecular complexity index is 2050. The fourth-order valence-electron chi connectivity index (χ4n) is 6.00. The van der Waals surface area contributed by atoms with Crippen LogP contribution in [0.2, 0.25) is 0 Å². The molecular weight excluding hydrogens is 563 g/mol. The van der Waals surface area contributed by atoms with Crippen molar-refractivity contribution in [2.24, 2.45) is 0 Å². The Balaban J connectivity index is 1.04. The highest BCUT2D eigenvalue weighted by atomic mass is 32.2. The van der Waals surface area contributed by atoms with Crippen molar-refractivity contribution >= 4 is 70.2 Å². The third-order valence-corrected chi connectivity index (χ3v) is 10.1. The summed E-state index contributed by atoms with van der Waals surface area (Å²) in [7, 11) is 0. The molecule has 5 aromatic carbocycles. The number of anilines is 2. The highest BCUT2D eigenvalue weighted by molar-refractivity contribution is 7.99. The summed E-state index contributed by atoms with van der Waals surface area (Å²) in [5.74, 6) is 0. The van der Waals surface area contributed by atoms with Crippen LogP contribution < -0.4 is 5.32 Å². The normalized spacial score (nSPS) is 14.0. The van der Waals surface area contributed by atoms with Gasteiger partial charge in [0.2, 0.25) is 0 Å². The SMILES string of the molecule is C(=C\c1cc2ccc1CCc1ccc(c(/C=C/c3cccc4nsnc34)c1)CC2)/c1ccc2c(c1)Sc1ccccc1N2. The van der Waals surface area contributed by atoms with E-state index < -0.39 is 0 Å². The maximum atomic E-state index is 4.51. The second-order valence-corrected chi connectivity index (χ2v) is 12.8. The van der Waals surface area contributed by atoms with E-state index in [1.165, 1.54) is 71.8 Å². The van der Waals surface area contributed by atoms with E-state index in [9.17, 15) is 0 Å². The standard InChI is InChI=1S/C38H29N3S2/c1-2-7-36-33(5-1)39-34-21-13-27(24-37(34)42-36)12-18-31-22-25-8-14-28(31)15-9-26-11-17-29(16-10-25)32(23-26)20-19-30-4-3-6-35-38(30)41-43-40-35/h1-8,11-14,17-24,39H,9-10,15-16H2/b18-12+,20-19+. The molecule has 0 saturated heterocycles. The number of fused-ring (bicyclic) bond motifs is 3. The number of hydrogen-bond donors (Lipinski definition) is 1. The highest BCUT2D eigenvalue weighted by Crippen LogP contribution is 2.44. The average molecular weight is 592 g/mol. The first-order valence-corrected chi connectivity index (χ1v) is 16.3. The molecule has 5 heteroatoms. The molecule has 0 fully saturated rings. The highest BCUT2D eigenvalue weighted by Gasteiger charge is 2.15. The van der Waals surface area contributed by atoms with Gasteiger partial charge in [0, 0.05) is 15.4 Å². The van der Waals surface area contributed by atoms with Crippen LogP contribution in [0.4, 0.5) is 11.4 Å². The van der Waals surface area contributed by atoms with Crippen LogP contribution in [-0.4, -0.2) is 8.75 Å². The van der Waals surface area contributed by atoms with Crippen LogP contribution in [0.5, 0.6) is 0 Å². The van der Waals surface area contributed by atoms with Crippen LogP contribution in [0.3, 0.4) is 0 Å². The molecule has 0 spiro atoms. The van der Waals surface area contributed by atoms with Crippen LogP contribution in [0, 0.1) is 0 Å². The van der Waals surface area contributed by atoms with Gasteiger partial charge in [0.15, 0.2) is 0 Å². The van der Waals surface area contributed by atoms with E-state index in [0.717, 1.165) is 42.3 Å². The second-order valence-electron chi connectivity index (χ2n) is 11.2. The third-order valence-electron chi connectivity index (χ3n) is 8.38. The second kappa shape index (κ2) is 11.3. The van der Waals surface area contributed by atoms with Crippen molar-refractivity contribution in [3.63, 3.8) is 0 Å². The Labute approximate surface area is 260 Å². The monoisotopic (exact) mass is 591 g/mol. The molecule has 4 bridgehead atoms. The van der Waals surface area contributed by atoms with E-state index in [-0.39, 0.29) is 0 Å². The fourth-order valence-corrected chi connectivity index (χ4v) is 7.60. The molecule has 1 aliphatic heterocycles. The molecule has 1 N–H and O–H groups in total. The predicted molar refractivity (Wildman–Crippen MR) is 183 cm³/mol. The zero-order valence-corrected chi connectivity index (χ0v) is 25.2. The molecular formula is C38H29N3S2. The van der Waals surface area contributed by atoms with E-state index in [1.54, 1.807) is 0 Å². The smallest absolute Gasteiger partial charge is 0.112 e. The van der Waals surface area contributed by atoms with E-state index in [1.807, 2.05) is 17.8 Å². The number of hydrogen-bond acceptors (Lipinski definition) is 5. The molecule has 3 nitrogen and oxygen atoms in total. The summed E-state index contributed by atoms with van der Waals surface area (Å²) < 4.78 is 8.91. The summed E-state index contributed by atoms with van der Waals surface area (Å²) in [5, 5.41) is 3.58. The summed E-state index contributed by atoms with van der Waals surface area (Å²) in [6.45, 7) is 0. The summed E-state index contributed by atoms with van der Waals surface area (Å²) in [4.78, 5) is 2.54. The van der Waals surface area contributed by atoms with Crippen LogP contribution in [0.15, 0.2) is 107 Å². The molecule has 0 unspecified atom stereocenters. The molecule has 208 valence electrons. The first-order valence-electron chi connectivity index (χ1n) is 14.7. The Morgan fingerprint density at radius 3 is 2.09 bits per heavy atom. The van der Waals surface area contributed by atoms with Gasteiger partial charge >= 0.3 is 0 Å². The lowest BCUT2D eigenvalue weighted by Crippen LogP contribution is -2.02. The van der Waals surface area contributed by atoms with Gasteiger partial charge in [-0.1, -0.05) is 103 Å². The third kappa shape index (κ3) is 5.42. The molecule has 11 rings (SSSR count). The van der Waals surface area contributed by atoms with E-state index in [0.29, 0.717) is 0 Å². The number of benzene rings is 5. The van der Waals surface area contributed by atoms with Crippen molar-refractivity contribution in [3.05, 3.63) is 142 Å². The fraction of sp³-hybridized carbons (Fsp3) is 0.105. The van der Waals surface area contributed by atoms with Crippen molar-refractivity contribution < 1.29 is 0 Å². The average Bonchev–Trinajstić information content (AvgIpc) is 3.53. The van der Waals surface area contributed by atoms with Gasteiger partial charge < -0.3 is 5.32 Å². The van der Waals surface area contributed by atoms with E-state index in [4.69, 9.17) is 0 Å². The van der Waals surface area contributed by atoms with E-state index in [2.05, 4.69) is 129 Å². The Morgan fingerprint density at radius 1 is 0.558 bits per heavy atom. The number of para-hydroxylation sites is 1. The lowest BCUT2D eigenvalue weighted by Gasteiger charge is -2.20. The van der Waals surface area contributed by atoms with Crippen LogP contribution in [0.25, 0.3) is 35.3 Å². The maximum absolute atomic E-state index is 4.51. The zero-order valence-electron chi connectivity index (χ0n) is 23.6. The molecule has 0 atom stereocenters. The minimum Gasteiger partial charge on any atom is -0.354 e. The van der Waals surface area contributed by atoms with Crippen molar-refractivity contribution in [3.8, 4) is 0 Å². The predicted octanol–water partition coefficient (Wildman–Crippen LogP) is 10.1. The van der Waals surface area contributed by atoms with Gasteiger partial charge in [0.05, 0.1) is 23.1 Å². The van der Waals surface area contributed by atoms with Gasteiger partial charge in [-0.2, -0.15) is 8.75 Å². The Kier molecular flexibility index (Phi) is 6.90. The molecule has 0 saturated carbocycles. The lowest BCUT2D eigenvalue weighted by atomic mass is 9.90. The van der Waals surface area contributed by atoms with Gasteiger partial charge in [-0.05, 0) is 95.0 Å². The lowest BCUT2D eigenvalue weighted by molar-refractivity contribution is 0.917. The summed E-state index contributed by atoms with van der Waals surface area (Å²) in [5.41, 5.74) is 14.8. The zero-order chi connectivity index (χ0) is 28.6. The van der Waals surface area contributed by atoms with Crippen LogP contribution >= 0.6 is 23.5 Å².